The van der Waals surface area contributed by atoms with Gasteiger partial charge in [0.25, 0.3) is 0 Å². The van der Waals surface area contributed by atoms with Gasteiger partial charge in [-0.2, -0.15) is 0 Å². The molecule has 2 aromatic heterocycles. The van der Waals surface area contributed by atoms with Gasteiger partial charge in [0.2, 0.25) is 0 Å². The molecule has 0 radical (unpaired) electrons. The Morgan fingerprint density at radius 3 is 1.86 bits per heavy atom. The van der Waals surface area contributed by atoms with Crippen molar-refractivity contribution < 1.29 is 4.21 Å². The molecule has 1 unspecified atom stereocenters. The summed E-state index contributed by atoms with van der Waals surface area (Å²) in [7, 11) is -1.14. The van der Waals surface area contributed by atoms with Crippen LogP contribution in [0.15, 0.2) is 136 Å². The maximum absolute atomic E-state index is 13.3. The van der Waals surface area contributed by atoms with Gasteiger partial charge < -0.3 is 0 Å². The number of benzene rings is 6. The molecule has 1 aliphatic heterocycles. The van der Waals surface area contributed by atoms with Gasteiger partial charge in [-0.15, -0.1) is 22.7 Å². The highest BCUT2D eigenvalue weighted by Gasteiger charge is 2.22. The van der Waals surface area contributed by atoms with Crippen LogP contribution in [0.1, 0.15) is 11.1 Å². The van der Waals surface area contributed by atoms with Crippen molar-refractivity contribution in [3.8, 4) is 22.3 Å². The van der Waals surface area contributed by atoms with E-state index in [2.05, 4.69) is 72.8 Å². The molecule has 2 nitrogen and oxygen atoms in total. The Bertz CT molecular complexity index is 2540. The first kappa shape index (κ1) is 25.1. The van der Waals surface area contributed by atoms with Crippen molar-refractivity contribution in [3.05, 3.63) is 143 Å². The summed E-state index contributed by atoms with van der Waals surface area (Å²) in [4.78, 5) is 15.1. The zero-order valence-electron chi connectivity index (χ0n) is 22.8. The minimum absolute atomic E-state index is 0.0966. The Morgan fingerprint density at radius 2 is 1.05 bits per heavy atom. The fourth-order valence-corrected chi connectivity index (χ4v) is 9.97. The van der Waals surface area contributed by atoms with Crippen molar-refractivity contribution in [1.82, 2.24) is 0 Å². The Balaban J connectivity index is 1.11. The third-order valence-corrected chi connectivity index (χ3v) is 12.4. The van der Waals surface area contributed by atoms with Crippen molar-refractivity contribution in [2.45, 2.75) is 16.2 Å². The van der Waals surface area contributed by atoms with Crippen molar-refractivity contribution in [2.75, 3.05) is 0 Å². The lowest BCUT2D eigenvalue weighted by Gasteiger charge is -2.19. The lowest BCUT2D eigenvalue weighted by molar-refractivity contribution is 0.679. The van der Waals surface area contributed by atoms with Crippen molar-refractivity contribution >= 4 is 73.8 Å². The van der Waals surface area contributed by atoms with Gasteiger partial charge in [0.1, 0.15) is 0 Å². The molecule has 0 N–H and O–H groups in total. The van der Waals surface area contributed by atoms with Gasteiger partial charge in [-0.25, -0.2) is 4.21 Å². The molecule has 0 saturated heterocycles. The number of hydrogen-bond acceptors (Lipinski definition) is 4. The van der Waals surface area contributed by atoms with E-state index in [0.717, 1.165) is 69.8 Å². The molecule has 0 spiro atoms. The monoisotopic (exact) mass is 606 g/mol. The largest absolute Gasteiger partial charge is 0.289 e. The normalized spacial score (nSPS) is 14.4. The van der Waals surface area contributed by atoms with Gasteiger partial charge in [-0.05, 0) is 94.4 Å². The molecular weight excluding hydrogens is 585 g/mol. The fourth-order valence-electron chi connectivity index (χ4n) is 6.35. The van der Waals surface area contributed by atoms with Crippen LogP contribution in [0.25, 0.3) is 62.6 Å². The average molecular weight is 607 g/mol. The summed E-state index contributed by atoms with van der Waals surface area (Å²) >= 11 is 3.47. The van der Waals surface area contributed by atoms with E-state index in [1.807, 2.05) is 48.5 Å². The second-order valence-corrected chi connectivity index (χ2v) is 14.6. The van der Waals surface area contributed by atoms with E-state index in [0.29, 0.717) is 0 Å². The van der Waals surface area contributed by atoms with E-state index < -0.39 is 10.8 Å². The highest BCUT2D eigenvalue weighted by atomic mass is 32.2. The third kappa shape index (κ3) is 3.96. The molecule has 3 heterocycles. The second-order valence-electron chi connectivity index (χ2n) is 11.0. The molecule has 8 aromatic rings. The topological polar surface area (TPSA) is 34.1 Å². The molecule has 9 rings (SSSR count). The summed E-state index contributed by atoms with van der Waals surface area (Å²) in [6.45, 7) is 0. The van der Waals surface area contributed by atoms with Crippen LogP contribution in [-0.4, -0.2) is 4.21 Å². The fraction of sp³-hybridized carbons (Fsp3) is 0.0263. The summed E-state index contributed by atoms with van der Waals surface area (Å²) in [6, 6.07) is 41.8. The van der Waals surface area contributed by atoms with Gasteiger partial charge >= 0.3 is 0 Å². The molecule has 0 fully saturated rings. The number of thiophene rings is 1. The van der Waals surface area contributed by atoms with Crippen LogP contribution < -0.4 is 5.43 Å². The summed E-state index contributed by atoms with van der Waals surface area (Å²) < 4.78 is 17.7. The first-order chi connectivity index (χ1) is 21.1. The van der Waals surface area contributed by atoms with Gasteiger partial charge in [0, 0.05) is 50.1 Å². The Hall–Kier alpha value is -4.42. The molecule has 43 heavy (non-hydrogen) atoms. The predicted molar refractivity (Wildman–Crippen MR) is 183 cm³/mol. The lowest BCUT2D eigenvalue weighted by atomic mass is 9.97. The van der Waals surface area contributed by atoms with Crippen molar-refractivity contribution in [3.63, 3.8) is 0 Å². The van der Waals surface area contributed by atoms with E-state index in [4.69, 9.17) is 0 Å². The van der Waals surface area contributed by atoms with Crippen LogP contribution in [0, 0.1) is 0 Å². The molecule has 0 bridgehead atoms. The maximum Gasteiger partial charge on any atom is 0.195 e. The van der Waals surface area contributed by atoms with Crippen molar-refractivity contribution in [2.24, 2.45) is 0 Å². The van der Waals surface area contributed by atoms with Crippen LogP contribution >= 0.6 is 22.7 Å². The Morgan fingerprint density at radius 1 is 0.465 bits per heavy atom. The van der Waals surface area contributed by atoms with E-state index in [1.54, 1.807) is 22.7 Å². The number of rotatable bonds is 2. The minimum atomic E-state index is -1.14. The molecule has 0 amide bonds. The first-order valence-electron chi connectivity index (χ1n) is 14.2. The standard InChI is InChI=1S/C38H22O2S3/c39-38-30-6-2-3-7-32(30)41-33-15-11-23(19-31(33)38)25-10-14-29-28-13-9-24(20-34(28)42-35(29)21-25)22-12-16-37-27(17-22)18-26-5-1-4-8-36(26)43(37)40/h1-17,19-21H,18H2. The Labute approximate surface area is 258 Å². The summed E-state index contributed by atoms with van der Waals surface area (Å²) in [5.41, 5.74) is 6.86. The second kappa shape index (κ2) is 9.55. The number of hydrogen-bond donors (Lipinski definition) is 0. The van der Waals surface area contributed by atoms with Crippen LogP contribution in [0.3, 0.4) is 0 Å². The van der Waals surface area contributed by atoms with Gasteiger partial charge in [0.15, 0.2) is 5.43 Å². The van der Waals surface area contributed by atoms with Gasteiger partial charge in [-0.3, -0.25) is 4.79 Å². The highest BCUT2D eigenvalue weighted by molar-refractivity contribution is 7.85. The molecule has 6 aromatic carbocycles. The third-order valence-electron chi connectivity index (χ3n) is 8.53. The van der Waals surface area contributed by atoms with Crippen LogP contribution in [0.4, 0.5) is 0 Å². The summed E-state index contributed by atoms with van der Waals surface area (Å²) in [5.74, 6) is 0. The summed E-state index contributed by atoms with van der Waals surface area (Å²) in [6.07, 6.45) is 0.804. The minimum Gasteiger partial charge on any atom is -0.289 e. The quantitative estimate of drug-likeness (QED) is 0.184. The molecule has 1 aliphatic rings. The van der Waals surface area contributed by atoms with Crippen LogP contribution in [-0.2, 0) is 17.2 Å². The molecular formula is C38H22O2S3. The smallest absolute Gasteiger partial charge is 0.195 e. The average Bonchev–Trinajstić information content (AvgIpc) is 3.42. The van der Waals surface area contributed by atoms with E-state index in [-0.39, 0.29) is 5.43 Å². The molecule has 1 atom stereocenters. The van der Waals surface area contributed by atoms with Crippen molar-refractivity contribution in [1.29, 1.82) is 0 Å². The van der Waals surface area contributed by atoms with Gasteiger partial charge in [0.05, 0.1) is 10.8 Å². The molecule has 0 saturated carbocycles. The number of fused-ring (bicyclic) bond motifs is 7. The van der Waals surface area contributed by atoms with Gasteiger partial charge in [-0.1, -0.05) is 66.7 Å². The van der Waals surface area contributed by atoms with Crippen LogP contribution in [0.2, 0.25) is 0 Å². The van der Waals surface area contributed by atoms with E-state index >= 15 is 0 Å². The lowest BCUT2D eigenvalue weighted by Crippen LogP contribution is -2.09. The molecule has 204 valence electrons. The van der Waals surface area contributed by atoms with E-state index in [9.17, 15) is 9.00 Å². The first-order valence-corrected chi connectivity index (χ1v) is 16.9. The maximum atomic E-state index is 13.3. The zero-order valence-corrected chi connectivity index (χ0v) is 25.2. The molecule has 5 heteroatoms. The van der Waals surface area contributed by atoms with E-state index in [1.165, 1.54) is 20.2 Å². The molecule has 0 aliphatic carbocycles. The predicted octanol–water partition coefficient (Wildman–Crippen LogP) is 10.2. The van der Waals surface area contributed by atoms with Crippen LogP contribution in [0.5, 0.6) is 0 Å². The highest BCUT2D eigenvalue weighted by Crippen LogP contribution is 2.40. The Kier molecular flexibility index (Phi) is 5.57. The summed E-state index contributed by atoms with van der Waals surface area (Å²) in [5, 5.41) is 4.05. The zero-order chi connectivity index (χ0) is 28.7. The SMILES string of the molecule is O=c1c2ccccc2sc2ccc(-c3ccc4c(c3)sc3cc(-c5ccc6c(c5)Cc5ccccc5S6=O)ccc34)cc12.